The van der Waals surface area contributed by atoms with E-state index in [4.69, 9.17) is 28.2 Å². The molecule has 144 valence electrons. The van der Waals surface area contributed by atoms with Crippen LogP contribution < -0.4 is 0 Å². The highest BCUT2D eigenvalue weighted by Gasteiger charge is 2.35. The van der Waals surface area contributed by atoms with E-state index in [0.717, 1.165) is 0 Å². The van der Waals surface area contributed by atoms with Gasteiger partial charge < -0.3 is 18.6 Å². The minimum atomic E-state index is -1.96. The lowest BCUT2D eigenvalue weighted by Gasteiger charge is -2.37. The summed E-state index contributed by atoms with van der Waals surface area (Å²) in [5, 5.41) is 0. The number of halogens is 1. The fourth-order valence-corrected chi connectivity index (χ4v) is 4.18. The summed E-state index contributed by atoms with van der Waals surface area (Å²) in [5.74, 6) is -1.45. The van der Waals surface area contributed by atoms with E-state index in [0.29, 0.717) is 5.75 Å². The number of ether oxygens (including phenoxy) is 1. The van der Waals surface area contributed by atoms with E-state index in [-0.39, 0.29) is 38.3 Å². The molecule has 2 unspecified atom stereocenters. The van der Waals surface area contributed by atoms with Gasteiger partial charge in [0.25, 0.3) is 8.53 Å². The molecule has 9 heteroatoms. The third-order valence-corrected chi connectivity index (χ3v) is 5.98. The van der Waals surface area contributed by atoms with E-state index in [2.05, 4.69) is 9.52 Å². The van der Waals surface area contributed by atoms with Gasteiger partial charge in [-0.15, -0.1) is 0 Å². The van der Waals surface area contributed by atoms with Crippen LogP contribution in [0.2, 0.25) is 0 Å². The number of hydrogen-bond acceptors (Lipinski definition) is 5. The third-order valence-electron chi connectivity index (χ3n) is 3.26. The molecule has 0 heterocycles. The highest BCUT2D eigenvalue weighted by atomic mass is 32.2. The van der Waals surface area contributed by atoms with Crippen LogP contribution in [0.15, 0.2) is 0 Å². The second-order valence-electron chi connectivity index (χ2n) is 6.14. The summed E-state index contributed by atoms with van der Waals surface area (Å²) in [6, 6.07) is -0.368. The van der Waals surface area contributed by atoms with Gasteiger partial charge in [-0.3, -0.25) is 0 Å². The van der Waals surface area contributed by atoms with Crippen molar-refractivity contribution in [2.24, 2.45) is 0 Å². The van der Waals surface area contributed by atoms with Crippen LogP contribution in [0.5, 0.6) is 0 Å². The van der Waals surface area contributed by atoms with E-state index in [1.165, 1.54) is 11.8 Å². The van der Waals surface area contributed by atoms with Crippen LogP contribution in [0.3, 0.4) is 0 Å². The molecule has 0 aliphatic heterocycles. The van der Waals surface area contributed by atoms with Crippen LogP contribution in [0.1, 0.15) is 41.0 Å². The summed E-state index contributed by atoms with van der Waals surface area (Å²) in [4.78, 5) is 3.29. The van der Waals surface area contributed by atoms with Gasteiger partial charge in [-0.25, -0.2) is 15.6 Å². The molecule has 0 rings (SSSR count). The standard InChI is InChI=1S/C16H31BFN2O3PS/c1-8-16(18,23-15(17)11-25-7)12-22-24(21-10-9-19-6)20(13(2)3)14(4)5/h13-15H,8-12H2,1-5,7H3/t15?,16-,24?/m1/s1. The second-order valence-corrected chi connectivity index (χ2v) is 8.51. The molecular formula is C16H31BFN2O3PS. The molecule has 0 saturated carbocycles. The normalized spacial score (nSPS) is 16.8. The summed E-state index contributed by atoms with van der Waals surface area (Å²) in [6.07, 6.45) is 2.02. The fraction of sp³-hybridized carbons (Fsp3) is 0.938. The van der Waals surface area contributed by atoms with Gasteiger partial charge in [0, 0.05) is 30.3 Å². The average Bonchev–Trinajstić information content (AvgIpc) is 2.52. The Morgan fingerprint density at radius 2 is 1.88 bits per heavy atom. The van der Waals surface area contributed by atoms with Crippen molar-refractivity contribution >= 4 is 28.1 Å². The first-order valence-corrected chi connectivity index (χ1v) is 11.0. The van der Waals surface area contributed by atoms with Crippen molar-refractivity contribution in [1.29, 1.82) is 0 Å². The zero-order chi connectivity index (χ0) is 19.5. The molecule has 0 aromatic carbocycles. The average molecular weight is 392 g/mol. The maximum absolute atomic E-state index is 15.0. The summed E-state index contributed by atoms with van der Waals surface area (Å²) in [7, 11) is 4.30. The Bertz CT molecular complexity index is 396. The molecule has 0 N–H and O–H groups in total. The van der Waals surface area contributed by atoms with Gasteiger partial charge in [0.1, 0.15) is 21.1 Å². The van der Waals surface area contributed by atoms with Crippen LogP contribution in [0.25, 0.3) is 4.85 Å². The Morgan fingerprint density at radius 3 is 2.32 bits per heavy atom. The van der Waals surface area contributed by atoms with Crippen molar-refractivity contribution < 1.29 is 18.2 Å². The molecular weight excluding hydrogens is 361 g/mol. The summed E-state index contributed by atoms with van der Waals surface area (Å²) >= 11 is 1.50. The van der Waals surface area contributed by atoms with Crippen molar-refractivity contribution in [3.8, 4) is 0 Å². The molecule has 5 nitrogen and oxygen atoms in total. The highest BCUT2D eigenvalue weighted by Crippen LogP contribution is 2.47. The zero-order valence-corrected chi connectivity index (χ0v) is 17.9. The molecule has 0 aromatic heterocycles. The minimum absolute atomic E-state index is 0.129. The minimum Gasteiger partial charge on any atom is -0.350 e. The van der Waals surface area contributed by atoms with Gasteiger partial charge in [0.05, 0.1) is 0 Å². The number of nitrogens with zero attached hydrogens (tertiary/aromatic N) is 2. The number of rotatable bonds is 14. The molecule has 25 heavy (non-hydrogen) atoms. The molecule has 0 aliphatic carbocycles. The first-order valence-electron chi connectivity index (χ1n) is 8.49. The lowest BCUT2D eigenvalue weighted by atomic mass is 10.0. The predicted octanol–water partition coefficient (Wildman–Crippen LogP) is 4.23. The van der Waals surface area contributed by atoms with Crippen molar-refractivity contribution in [2.75, 3.05) is 31.8 Å². The Balaban J connectivity index is 4.99. The SMILES string of the molecule is [B]C(CSC)O[C@](F)(CC)COP(OCC[N+]#[C-])N(C(C)C)C(C)C. The first kappa shape index (κ1) is 25.1. The second kappa shape index (κ2) is 13.3. The van der Waals surface area contributed by atoms with Crippen molar-refractivity contribution in [3.05, 3.63) is 11.4 Å². The third kappa shape index (κ3) is 10.1. The quantitative estimate of drug-likeness (QED) is 0.191. The van der Waals surface area contributed by atoms with Crippen molar-refractivity contribution in [1.82, 2.24) is 4.67 Å². The molecule has 0 aliphatic rings. The van der Waals surface area contributed by atoms with E-state index in [1.807, 2.05) is 34.0 Å². The largest absolute Gasteiger partial charge is 0.350 e. The maximum atomic E-state index is 15.0. The molecule has 0 fully saturated rings. The topological polar surface area (TPSA) is 35.3 Å². The van der Waals surface area contributed by atoms with E-state index < -0.39 is 20.4 Å². The Hall–Kier alpha value is 0.105. The van der Waals surface area contributed by atoms with Crippen LogP contribution >= 0.6 is 20.3 Å². The molecule has 3 atom stereocenters. The predicted molar refractivity (Wildman–Crippen MR) is 106 cm³/mol. The Morgan fingerprint density at radius 1 is 1.28 bits per heavy atom. The first-order chi connectivity index (χ1) is 11.7. The summed E-state index contributed by atoms with van der Waals surface area (Å²) in [5.41, 5.74) is 0. The van der Waals surface area contributed by atoms with Crippen molar-refractivity contribution in [3.63, 3.8) is 0 Å². The monoisotopic (exact) mass is 392 g/mol. The van der Waals surface area contributed by atoms with E-state index in [1.54, 1.807) is 6.92 Å². The zero-order valence-electron chi connectivity index (χ0n) is 16.2. The van der Waals surface area contributed by atoms with Crippen LogP contribution in [-0.4, -0.2) is 68.2 Å². The number of thioether (sulfide) groups is 1. The van der Waals surface area contributed by atoms with Gasteiger partial charge in [-0.2, -0.15) is 11.8 Å². The van der Waals surface area contributed by atoms with Gasteiger partial charge >= 0.3 is 0 Å². The molecule has 2 radical (unpaired) electrons. The number of hydrogen-bond donors (Lipinski definition) is 0. The van der Waals surface area contributed by atoms with E-state index >= 15 is 0 Å². The molecule has 0 bridgehead atoms. The number of alkyl halides is 1. The lowest BCUT2D eigenvalue weighted by Crippen LogP contribution is -2.39. The summed E-state index contributed by atoms with van der Waals surface area (Å²) in [6.45, 7) is 16.9. The van der Waals surface area contributed by atoms with Crippen LogP contribution in [-0.2, 0) is 13.8 Å². The highest BCUT2D eigenvalue weighted by molar-refractivity contribution is 7.98. The van der Waals surface area contributed by atoms with Gasteiger partial charge in [0.15, 0.2) is 0 Å². The van der Waals surface area contributed by atoms with Gasteiger partial charge in [0.2, 0.25) is 12.4 Å². The molecule has 0 spiro atoms. The van der Waals surface area contributed by atoms with E-state index in [9.17, 15) is 4.39 Å². The van der Waals surface area contributed by atoms with Gasteiger partial charge in [-0.05, 0) is 34.0 Å². The van der Waals surface area contributed by atoms with Crippen LogP contribution in [0.4, 0.5) is 4.39 Å². The van der Waals surface area contributed by atoms with Crippen molar-refractivity contribution in [2.45, 2.75) is 65.0 Å². The van der Waals surface area contributed by atoms with Crippen LogP contribution in [0, 0.1) is 6.57 Å². The summed E-state index contributed by atoms with van der Waals surface area (Å²) < 4.78 is 33.9. The fourth-order valence-electron chi connectivity index (χ4n) is 2.15. The van der Waals surface area contributed by atoms with Gasteiger partial charge in [-0.1, -0.05) is 6.92 Å². The maximum Gasteiger partial charge on any atom is 0.259 e. The molecule has 0 amide bonds. The Labute approximate surface area is 159 Å². The Kier molecular flexibility index (Phi) is 13.4. The smallest absolute Gasteiger partial charge is 0.259 e. The lowest BCUT2D eigenvalue weighted by molar-refractivity contribution is -0.174. The molecule has 0 saturated heterocycles. The molecule has 0 aromatic rings.